The highest BCUT2D eigenvalue weighted by molar-refractivity contribution is 7.08. The molecule has 2 nitrogen and oxygen atoms in total. The topological polar surface area (TPSA) is 35.2 Å². The van der Waals surface area contributed by atoms with E-state index in [-0.39, 0.29) is 30.0 Å². The van der Waals surface area contributed by atoms with Crippen molar-refractivity contribution in [1.82, 2.24) is 0 Å². The Balaban J connectivity index is 0.00000144. The zero-order valence-electron chi connectivity index (χ0n) is 9.22. The fourth-order valence-corrected chi connectivity index (χ4v) is 2.31. The summed E-state index contributed by atoms with van der Waals surface area (Å²) in [7, 11) is 1.45. The third-order valence-electron chi connectivity index (χ3n) is 2.44. The lowest BCUT2D eigenvalue weighted by atomic mass is 10.0. The van der Waals surface area contributed by atoms with E-state index in [9.17, 15) is 4.39 Å². The molecule has 0 aliphatic rings. The summed E-state index contributed by atoms with van der Waals surface area (Å²) in [6, 6.07) is 6.36. The number of thiophene rings is 1. The third kappa shape index (κ3) is 2.77. The number of methoxy groups -OCH3 is 1. The van der Waals surface area contributed by atoms with Crippen molar-refractivity contribution in [3.8, 4) is 5.75 Å². The van der Waals surface area contributed by atoms with Crippen LogP contribution in [0.3, 0.4) is 0 Å². The lowest BCUT2D eigenvalue weighted by Gasteiger charge is -2.15. The lowest BCUT2D eigenvalue weighted by Crippen LogP contribution is -2.12. The van der Waals surface area contributed by atoms with Gasteiger partial charge in [-0.25, -0.2) is 4.39 Å². The van der Waals surface area contributed by atoms with Crippen LogP contribution in [0, 0.1) is 5.82 Å². The maximum absolute atomic E-state index is 13.5. The highest BCUT2D eigenvalue weighted by Gasteiger charge is 2.16. The molecule has 0 bridgehead atoms. The maximum Gasteiger partial charge on any atom is 0.165 e. The summed E-state index contributed by atoms with van der Waals surface area (Å²) in [5.41, 5.74) is 7.70. The van der Waals surface area contributed by atoms with Crippen molar-refractivity contribution in [2.24, 2.45) is 5.73 Å². The van der Waals surface area contributed by atoms with Crippen molar-refractivity contribution >= 4 is 23.7 Å². The van der Waals surface area contributed by atoms with Crippen LogP contribution in [0.15, 0.2) is 35.0 Å². The van der Waals surface area contributed by atoms with Gasteiger partial charge in [-0.15, -0.1) is 12.4 Å². The van der Waals surface area contributed by atoms with Gasteiger partial charge >= 0.3 is 0 Å². The SMILES string of the molecule is COc1c(F)cccc1[C@H](N)c1ccsc1.Cl. The number of benzene rings is 1. The summed E-state index contributed by atoms with van der Waals surface area (Å²) in [6.07, 6.45) is 0. The molecule has 17 heavy (non-hydrogen) atoms. The number of rotatable bonds is 3. The molecule has 1 heterocycles. The van der Waals surface area contributed by atoms with Gasteiger partial charge in [0.15, 0.2) is 11.6 Å². The highest BCUT2D eigenvalue weighted by atomic mass is 35.5. The van der Waals surface area contributed by atoms with E-state index in [1.54, 1.807) is 23.5 Å². The van der Waals surface area contributed by atoms with Gasteiger partial charge in [-0.2, -0.15) is 11.3 Å². The van der Waals surface area contributed by atoms with Crippen LogP contribution in [0.1, 0.15) is 17.2 Å². The van der Waals surface area contributed by atoms with E-state index in [4.69, 9.17) is 10.5 Å². The predicted molar refractivity (Wildman–Crippen MR) is 70.5 cm³/mol. The van der Waals surface area contributed by atoms with E-state index in [0.29, 0.717) is 5.56 Å². The van der Waals surface area contributed by atoms with Gasteiger partial charge in [0.25, 0.3) is 0 Å². The van der Waals surface area contributed by atoms with Gasteiger partial charge < -0.3 is 10.5 Å². The average Bonchev–Trinajstić information content (AvgIpc) is 2.81. The molecule has 0 aliphatic carbocycles. The first-order valence-corrected chi connectivity index (χ1v) is 5.78. The molecule has 5 heteroatoms. The molecule has 2 N–H and O–H groups in total. The number of para-hydroxylation sites is 1. The molecule has 2 rings (SSSR count). The smallest absolute Gasteiger partial charge is 0.165 e. The molecule has 1 atom stereocenters. The maximum atomic E-state index is 13.5. The van der Waals surface area contributed by atoms with Gasteiger partial charge in [0, 0.05) is 5.56 Å². The van der Waals surface area contributed by atoms with Gasteiger partial charge in [-0.3, -0.25) is 0 Å². The Hall–Kier alpha value is -1.10. The lowest BCUT2D eigenvalue weighted by molar-refractivity contribution is 0.380. The van der Waals surface area contributed by atoms with Crippen molar-refractivity contribution in [1.29, 1.82) is 0 Å². The summed E-state index contributed by atoms with van der Waals surface area (Å²) in [6.45, 7) is 0. The summed E-state index contributed by atoms with van der Waals surface area (Å²) >= 11 is 1.57. The molecule has 2 aromatic rings. The number of halogens is 2. The minimum Gasteiger partial charge on any atom is -0.493 e. The molecule has 0 amide bonds. The van der Waals surface area contributed by atoms with E-state index in [2.05, 4.69) is 0 Å². The molecule has 0 fully saturated rings. The molecule has 0 radical (unpaired) electrons. The van der Waals surface area contributed by atoms with Gasteiger partial charge in [-0.05, 0) is 28.5 Å². The highest BCUT2D eigenvalue weighted by Crippen LogP contribution is 2.31. The minimum absolute atomic E-state index is 0. The predicted octanol–water partition coefficient (Wildman–Crippen LogP) is 3.37. The van der Waals surface area contributed by atoms with Crippen LogP contribution >= 0.6 is 23.7 Å². The molecule has 0 saturated carbocycles. The van der Waals surface area contributed by atoms with Crippen LogP contribution in [0.4, 0.5) is 4.39 Å². The van der Waals surface area contributed by atoms with E-state index >= 15 is 0 Å². The van der Waals surface area contributed by atoms with E-state index < -0.39 is 0 Å². The van der Waals surface area contributed by atoms with Gasteiger partial charge in [-0.1, -0.05) is 12.1 Å². The molecule has 0 aliphatic heterocycles. The number of hydrogen-bond acceptors (Lipinski definition) is 3. The van der Waals surface area contributed by atoms with E-state index in [1.165, 1.54) is 13.2 Å². The molecule has 0 saturated heterocycles. The second-order valence-electron chi connectivity index (χ2n) is 3.40. The zero-order valence-corrected chi connectivity index (χ0v) is 10.9. The quantitative estimate of drug-likeness (QED) is 0.931. The van der Waals surface area contributed by atoms with Crippen molar-refractivity contribution in [3.63, 3.8) is 0 Å². The summed E-state index contributed by atoms with van der Waals surface area (Å²) < 4.78 is 18.5. The Morgan fingerprint density at radius 2 is 2.12 bits per heavy atom. The standard InChI is InChI=1S/C12H12FNOS.ClH/c1-15-12-9(3-2-4-10(12)13)11(14)8-5-6-16-7-8;/h2-7,11H,14H2,1H3;1H/t11-;/m1./s1. The zero-order chi connectivity index (χ0) is 11.5. The fourth-order valence-electron chi connectivity index (χ4n) is 1.62. The first-order valence-electron chi connectivity index (χ1n) is 4.84. The molecule has 1 aromatic carbocycles. The summed E-state index contributed by atoms with van der Waals surface area (Å²) in [5, 5.41) is 3.90. The Morgan fingerprint density at radius 3 is 2.71 bits per heavy atom. The van der Waals surface area contributed by atoms with Crippen molar-refractivity contribution < 1.29 is 9.13 Å². The van der Waals surface area contributed by atoms with Crippen molar-refractivity contribution in [2.45, 2.75) is 6.04 Å². The number of nitrogens with two attached hydrogens (primary N) is 1. The monoisotopic (exact) mass is 273 g/mol. The van der Waals surface area contributed by atoms with Crippen LogP contribution in [0.2, 0.25) is 0 Å². The fraction of sp³-hybridized carbons (Fsp3) is 0.167. The molecular formula is C12H13ClFNOS. The van der Waals surface area contributed by atoms with Gasteiger partial charge in [0.1, 0.15) is 0 Å². The molecule has 0 spiro atoms. The third-order valence-corrected chi connectivity index (χ3v) is 3.14. The molecule has 92 valence electrons. The Morgan fingerprint density at radius 1 is 1.35 bits per heavy atom. The van der Waals surface area contributed by atoms with E-state index in [0.717, 1.165) is 5.56 Å². The van der Waals surface area contributed by atoms with Crippen LogP contribution in [0.25, 0.3) is 0 Å². The van der Waals surface area contributed by atoms with Crippen LogP contribution in [-0.2, 0) is 0 Å². The van der Waals surface area contributed by atoms with Gasteiger partial charge in [0.2, 0.25) is 0 Å². The normalized spacial score (nSPS) is 11.7. The second-order valence-corrected chi connectivity index (χ2v) is 4.18. The Bertz CT molecular complexity index is 475. The first-order chi connectivity index (χ1) is 7.74. The second kappa shape index (κ2) is 6.00. The summed E-state index contributed by atoms with van der Waals surface area (Å²) in [4.78, 5) is 0. The van der Waals surface area contributed by atoms with Crippen LogP contribution in [0.5, 0.6) is 5.75 Å². The minimum atomic E-state index is -0.384. The number of hydrogen-bond donors (Lipinski definition) is 1. The summed E-state index contributed by atoms with van der Waals surface area (Å²) in [5.74, 6) is -0.160. The molecule has 0 unspecified atom stereocenters. The van der Waals surface area contributed by atoms with E-state index in [1.807, 2.05) is 16.8 Å². The Kier molecular flexibility index (Phi) is 4.93. The molecular weight excluding hydrogens is 261 g/mol. The first kappa shape index (κ1) is 14.0. The van der Waals surface area contributed by atoms with Crippen molar-refractivity contribution in [2.75, 3.05) is 7.11 Å². The van der Waals surface area contributed by atoms with Crippen LogP contribution in [-0.4, -0.2) is 7.11 Å². The van der Waals surface area contributed by atoms with Gasteiger partial charge in [0.05, 0.1) is 13.2 Å². The van der Waals surface area contributed by atoms with Crippen molar-refractivity contribution in [3.05, 3.63) is 52.0 Å². The Labute approximate surface area is 110 Å². The van der Waals surface area contributed by atoms with Crippen LogP contribution < -0.4 is 10.5 Å². The number of ether oxygens (including phenoxy) is 1. The largest absolute Gasteiger partial charge is 0.493 e. The average molecular weight is 274 g/mol. The molecule has 1 aromatic heterocycles.